The van der Waals surface area contributed by atoms with Crippen LogP contribution >= 0.6 is 27.5 Å². The van der Waals surface area contributed by atoms with Gasteiger partial charge in [0.15, 0.2) is 0 Å². The molecule has 5 nitrogen and oxygen atoms in total. The third-order valence-corrected chi connectivity index (χ3v) is 4.62. The van der Waals surface area contributed by atoms with Crippen LogP contribution in [0.1, 0.15) is 40.3 Å². The predicted octanol–water partition coefficient (Wildman–Crippen LogP) is 5.94. The van der Waals surface area contributed by atoms with Crippen molar-refractivity contribution in [3.8, 4) is 5.75 Å². The van der Waals surface area contributed by atoms with Crippen molar-refractivity contribution in [2.75, 3.05) is 0 Å². The molecule has 1 aromatic heterocycles. The Morgan fingerprint density at radius 2 is 1.78 bits per heavy atom. The Balaban J connectivity index is 1.98. The predicted molar refractivity (Wildman–Crippen MR) is 106 cm³/mol. The van der Waals surface area contributed by atoms with E-state index >= 15 is 0 Å². The number of esters is 2. The summed E-state index contributed by atoms with van der Waals surface area (Å²) >= 11 is 9.21. The Labute approximate surface area is 169 Å². The number of furan rings is 1. The van der Waals surface area contributed by atoms with E-state index in [1.165, 1.54) is 0 Å². The van der Waals surface area contributed by atoms with Crippen molar-refractivity contribution < 1.29 is 23.5 Å². The molecule has 1 heterocycles. The summed E-state index contributed by atoms with van der Waals surface area (Å²) in [5, 5.41) is 1.04. The molecule has 0 aliphatic carbocycles. The summed E-state index contributed by atoms with van der Waals surface area (Å²) in [4.78, 5) is 24.8. The maximum atomic E-state index is 12.4. The van der Waals surface area contributed by atoms with Gasteiger partial charge in [0.25, 0.3) is 0 Å². The van der Waals surface area contributed by atoms with Crippen LogP contribution in [0.4, 0.5) is 0 Å². The van der Waals surface area contributed by atoms with Crippen LogP contribution in [0.15, 0.2) is 45.3 Å². The van der Waals surface area contributed by atoms with Gasteiger partial charge in [0, 0.05) is 10.4 Å². The summed E-state index contributed by atoms with van der Waals surface area (Å²) in [5.74, 6) is -0.331. The SMILES string of the molecule is Cc1oc2cc(Br)c(OC(=O)c3ccc(Cl)cc3)cc2c1C(=O)OC(C)C. The molecule has 140 valence electrons. The van der Waals surface area contributed by atoms with Crippen LogP contribution in [-0.4, -0.2) is 18.0 Å². The quantitative estimate of drug-likeness (QED) is 0.363. The Bertz CT molecular complexity index is 1020. The van der Waals surface area contributed by atoms with Crippen LogP contribution in [0.2, 0.25) is 5.02 Å². The van der Waals surface area contributed by atoms with Gasteiger partial charge in [0.1, 0.15) is 22.7 Å². The molecule has 0 spiro atoms. The van der Waals surface area contributed by atoms with Gasteiger partial charge in [-0.1, -0.05) is 11.6 Å². The van der Waals surface area contributed by atoms with Crippen molar-refractivity contribution >= 4 is 50.4 Å². The maximum Gasteiger partial charge on any atom is 0.343 e. The van der Waals surface area contributed by atoms with E-state index in [0.717, 1.165) is 0 Å². The normalized spacial score (nSPS) is 11.0. The van der Waals surface area contributed by atoms with Gasteiger partial charge in [-0.2, -0.15) is 0 Å². The molecule has 7 heteroatoms. The van der Waals surface area contributed by atoms with E-state index in [-0.39, 0.29) is 11.9 Å². The number of hydrogen-bond acceptors (Lipinski definition) is 5. The van der Waals surface area contributed by atoms with Gasteiger partial charge in [-0.05, 0) is 73.1 Å². The Kier molecular flexibility index (Phi) is 5.58. The highest BCUT2D eigenvalue weighted by Gasteiger charge is 2.23. The summed E-state index contributed by atoms with van der Waals surface area (Å²) in [6.45, 7) is 5.22. The molecule has 27 heavy (non-hydrogen) atoms. The molecule has 0 bridgehead atoms. The lowest BCUT2D eigenvalue weighted by molar-refractivity contribution is 0.0378. The molecule has 3 rings (SSSR count). The summed E-state index contributed by atoms with van der Waals surface area (Å²) < 4.78 is 16.9. The van der Waals surface area contributed by atoms with Crippen LogP contribution < -0.4 is 4.74 Å². The molecule has 0 N–H and O–H groups in total. The average molecular weight is 452 g/mol. The second-order valence-corrected chi connectivity index (χ2v) is 7.45. The first-order valence-corrected chi connectivity index (χ1v) is 9.34. The van der Waals surface area contributed by atoms with Crippen molar-refractivity contribution in [2.24, 2.45) is 0 Å². The monoisotopic (exact) mass is 450 g/mol. The van der Waals surface area contributed by atoms with E-state index in [4.69, 9.17) is 25.5 Å². The molecule has 2 aromatic carbocycles. The standard InChI is InChI=1S/C20H16BrClO5/c1-10(2)25-20(24)18-11(3)26-16-9-15(21)17(8-14(16)18)27-19(23)12-4-6-13(22)7-5-12/h4-10H,1-3H3. The first-order valence-electron chi connectivity index (χ1n) is 8.17. The topological polar surface area (TPSA) is 65.7 Å². The van der Waals surface area contributed by atoms with Crippen molar-refractivity contribution in [3.05, 3.63) is 62.8 Å². The molecule has 0 saturated heterocycles. The molecule has 0 amide bonds. The third kappa shape index (κ3) is 4.17. The van der Waals surface area contributed by atoms with Crippen molar-refractivity contribution in [1.82, 2.24) is 0 Å². The molecule has 0 aliphatic rings. The van der Waals surface area contributed by atoms with Crippen LogP contribution in [-0.2, 0) is 4.74 Å². The first-order chi connectivity index (χ1) is 12.8. The summed E-state index contributed by atoms with van der Waals surface area (Å²) in [6.07, 6.45) is -0.264. The van der Waals surface area contributed by atoms with Crippen LogP contribution in [0.5, 0.6) is 5.75 Å². The number of rotatable bonds is 4. The highest BCUT2D eigenvalue weighted by Crippen LogP contribution is 2.35. The van der Waals surface area contributed by atoms with E-state index in [2.05, 4.69) is 15.9 Å². The summed E-state index contributed by atoms with van der Waals surface area (Å²) in [7, 11) is 0. The van der Waals surface area contributed by atoms with Gasteiger partial charge in [0.05, 0.1) is 16.1 Å². The minimum atomic E-state index is -0.543. The number of hydrogen-bond donors (Lipinski definition) is 0. The fourth-order valence-electron chi connectivity index (χ4n) is 2.57. The van der Waals surface area contributed by atoms with E-state index in [1.807, 2.05) is 0 Å². The largest absolute Gasteiger partial charge is 0.460 e. The Hall–Kier alpha value is -2.31. The highest BCUT2D eigenvalue weighted by molar-refractivity contribution is 9.10. The van der Waals surface area contributed by atoms with E-state index in [1.54, 1.807) is 57.2 Å². The van der Waals surface area contributed by atoms with E-state index < -0.39 is 11.9 Å². The maximum absolute atomic E-state index is 12.4. The number of benzene rings is 2. The number of aryl methyl sites for hydroxylation is 1. The second kappa shape index (κ2) is 7.74. The number of ether oxygens (including phenoxy) is 2. The van der Waals surface area contributed by atoms with Crippen molar-refractivity contribution in [1.29, 1.82) is 0 Å². The molecule has 0 saturated carbocycles. The van der Waals surface area contributed by atoms with Crippen LogP contribution in [0.25, 0.3) is 11.0 Å². The lowest BCUT2D eigenvalue weighted by Crippen LogP contribution is -2.12. The van der Waals surface area contributed by atoms with Gasteiger partial charge < -0.3 is 13.9 Å². The van der Waals surface area contributed by atoms with E-state index in [0.29, 0.717) is 37.4 Å². The first kappa shape index (κ1) is 19.5. The zero-order valence-corrected chi connectivity index (χ0v) is 17.2. The highest BCUT2D eigenvalue weighted by atomic mass is 79.9. The number of carbonyl (C=O) groups is 2. The molecule has 0 radical (unpaired) electrons. The molecular formula is C20H16BrClO5. The molecule has 0 atom stereocenters. The molecule has 0 fully saturated rings. The Morgan fingerprint density at radius 3 is 2.41 bits per heavy atom. The summed E-state index contributed by atoms with van der Waals surface area (Å²) in [6, 6.07) is 9.60. The minimum absolute atomic E-state index is 0.264. The lowest BCUT2D eigenvalue weighted by Gasteiger charge is -2.09. The van der Waals surface area contributed by atoms with Crippen LogP contribution in [0.3, 0.4) is 0 Å². The number of carbonyl (C=O) groups excluding carboxylic acids is 2. The smallest absolute Gasteiger partial charge is 0.343 e. The minimum Gasteiger partial charge on any atom is -0.460 e. The van der Waals surface area contributed by atoms with Gasteiger partial charge in [0.2, 0.25) is 0 Å². The zero-order chi connectivity index (χ0) is 19.7. The fourth-order valence-corrected chi connectivity index (χ4v) is 3.10. The molecule has 0 aliphatic heterocycles. The molecular weight excluding hydrogens is 436 g/mol. The summed E-state index contributed by atoms with van der Waals surface area (Å²) in [5.41, 5.74) is 1.16. The van der Waals surface area contributed by atoms with Crippen molar-refractivity contribution in [3.63, 3.8) is 0 Å². The van der Waals surface area contributed by atoms with E-state index in [9.17, 15) is 9.59 Å². The average Bonchev–Trinajstić information content (AvgIpc) is 2.89. The number of fused-ring (bicyclic) bond motifs is 1. The number of halogens is 2. The van der Waals surface area contributed by atoms with Crippen molar-refractivity contribution in [2.45, 2.75) is 26.9 Å². The van der Waals surface area contributed by atoms with Gasteiger partial charge in [-0.25, -0.2) is 9.59 Å². The van der Waals surface area contributed by atoms with Gasteiger partial charge >= 0.3 is 11.9 Å². The third-order valence-electron chi connectivity index (χ3n) is 3.75. The van der Waals surface area contributed by atoms with Crippen LogP contribution in [0, 0.1) is 6.92 Å². The second-order valence-electron chi connectivity index (χ2n) is 6.16. The van der Waals surface area contributed by atoms with Gasteiger partial charge in [-0.3, -0.25) is 0 Å². The zero-order valence-electron chi connectivity index (χ0n) is 14.8. The lowest BCUT2D eigenvalue weighted by atomic mass is 10.1. The molecule has 3 aromatic rings. The molecule has 0 unspecified atom stereocenters. The van der Waals surface area contributed by atoms with Gasteiger partial charge in [-0.15, -0.1) is 0 Å². The Morgan fingerprint density at radius 1 is 1.11 bits per heavy atom. The fraction of sp³-hybridized carbons (Fsp3) is 0.200.